The van der Waals surface area contributed by atoms with Crippen LogP contribution in [0.4, 0.5) is 15.8 Å². The molecule has 0 radical (unpaired) electrons. The van der Waals surface area contributed by atoms with E-state index < -0.39 is 10.7 Å². The van der Waals surface area contributed by atoms with Crippen LogP contribution < -0.4 is 4.90 Å². The lowest BCUT2D eigenvalue weighted by Gasteiger charge is -2.33. The topological polar surface area (TPSA) is 77.1 Å². The highest BCUT2D eigenvalue weighted by molar-refractivity contribution is 5.63. The third-order valence-corrected chi connectivity index (χ3v) is 4.01. The molecule has 8 heteroatoms. The molecule has 0 atom stereocenters. The van der Waals surface area contributed by atoms with E-state index in [1.807, 2.05) is 11.1 Å². The Bertz CT molecular complexity index is 653. The smallest absolute Gasteiger partial charge is 0.295 e. The Morgan fingerprint density at radius 2 is 2.14 bits per heavy atom. The van der Waals surface area contributed by atoms with Gasteiger partial charge in [-0.15, -0.1) is 5.10 Å². The zero-order valence-electron chi connectivity index (χ0n) is 11.9. The minimum atomic E-state index is -0.587. The van der Waals surface area contributed by atoms with Crippen LogP contribution in [0.1, 0.15) is 12.8 Å². The lowest BCUT2D eigenvalue weighted by Crippen LogP contribution is -2.35. The second-order valence-electron chi connectivity index (χ2n) is 5.45. The van der Waals surface area contributed by atoms with Gasteiger partial charge in [0, 0.05) is 25.8 Å². The number of nitrogens with zero attached hydrogens (tertiary/aromatic N) is 5. The molecule has 2 heterocycles. The molecule has 0 spiro atoms. The molecule has 0 unspecified atom stereocenters. The van der Waals surface area contributed by atoms with Gasteiger partial charge < -0.3 is 4.90 Å². The SMILES string of the molecule is O=[N+]([O-])c1cc(F)ccc1N1CCC(Cn2ccnn2)CC1. The second kappa shape index (κ2) is 6.08. The molecule has 0 aliphatic carbocycles. The summed E-state index contributed by atoms with van der Waals surface area (Å²) in [6.07, 6.45) is 5.30. The number of hydrogen-bond acceptors (Lipinski definition) is 5. The fraction of sp³-hybridized carbons (Fsp3) is 0.429. The number of rotatable bonds is 4. The zero-order valence-corrected chi connectivity index (χ0v) is 11.9. The minimum absolute atomic E-state index is 0.172. The summed E-state index contributed by atoms with van der Waals surface area (Å²) in [6, 6.07) is 3.74. The van der Waals surface area contributed by atoms with Crippen LogP contribution in [0, 0.1) is 21.8 Å². The van der Waals surface area contributed by atoms with Gasteiger partial charge in [-0.05, 0) is 30.9 Å². The monoisotopic (exact) mass is 305 g/mol. The third kappa shape index (κ3) is 3.05. The maximum atomic E-state index is 13.2. The first-order valence-electron chi connectivity index (χ1n) is 7.16. The van der Waals surface area contributed by atoms with E-state index in [0.29, 0.717) is 24.7 Å². The number of nitro benzene ring substituents is 1. The number of nitro groups is 1. The summed E-state index contributed by atoms with van der Waals surface area (Å²) in [6.45, 7) is 2.23. The normalized spacial score (nSPS) is 16.0. The van der Waals surface area contributed by atoms with Crippen molar-refractivity contribution >= 4 is 11.4 Å². The van der Waals surface area contributed by atoms with Crippen molar-refractivity contribution in [1.29, 1.82) is 0 Å². The minimum Gasteiger partial charge on any atom is -0.366 e. The van der Waals surface area contributed by atoms with Crippen molar-refractivity contribution in [3.63, 3.8) is 0 Å². The molecule has 0 saturated carbocycles. The van der Waals surface area contributed by atoms with E-state index in [1.54, 1.807) is 10.9 Å². The standard InChI is InChI=1S/C14H16FN5O2/c15-12-1-2-13(14(9-12)20(21)22)18-6-3-11(4-7-18)10-19-8-5-16-17-19/h1-2,5,8-9,11H,3-4,6-7,10H2. The van der Waals surface area contributed by atoms with Gasteiger partial charge in [-0.2, -0.15) is 0 Å². The molecular formula is C14H16FN5O2. The van der Waals surface area contributed by atoms with Gasteiger partial charge in [0.2, 0.25) is 0 Å². The zero-order chi connectivity index (χ0) is 15.5. The van der Waals surface area contributed by atoms with E-state index in [2.05, 4.69) is 10.3 Å². The molecule has 1 aromatic carbocycles. The summed E-state index contributed by atoms with van der Waals surface area (Å²) < 4.78 is 15.0. The van der Waals surface area contributed by atoms with E-state index in [4.69, 9.17) is 0 Å². The predicted molar refractivity (Wildman–Crippen MR) is 78.0 cm³/mol. The first-order chi connectivity index (χ1) is 10.6. The maximum Gasteiger partial charge on any atom is 0.295 e. The molecule has 2 aromatic rings. The van der Waals surface area contributed by atoms with Crippen LogP contribution in [-0.2, 0) is 6.54 Å². The second-order valence-corrected chi connectivity index (χ2v) is 5.45. The van der Waals surface area contributed by atoms with Gasteiger partial charge in [0.05, 0.1) is 17.2 Å². The largest absolute Gasteiger partial charge is 0.366 e. The molecular weight excluding hydrogens is 289 g/mol. The Morgan fingerprint density at radius 3 is 2.77 bits per heavy atom. The third-order valence-electron chi connectivity index (χ3n) is 4.01. The van der Waals surface area contributed by atoms with Crippen LogP contribution in [0.25, 0.3) is 0 Å². The first-order valence-corrected chi connectivity index (χ1v) is 7.16. The number of halogens is 1. The van der Waals surface area contributed by atoms with Crippen molar-refractivity contribution < 1.29 is 9.31 Å². The summed E-state index contributed by atoms with van der Waals surface area (Å²) in [5.41, 5.74) is 0.320. The quantitative estimate of drug-likeness (QED) is 0.639. The predicted octanol–water partition coefficient (Wildman–Crippen LogP) is 2.24. The van der Waals surface area contributed by atoms with Crippen molar-refractivity contribution in [2.75, 3.05) is 18.0 Å². The molecule has 0 amide bonds. The molecule has 22 heavy (non-hydrogen) atoms. The van der Waals surface area contributed by atoms with Gasteiger partial charge in [0.1, 0.15) is 11.5 Å². The van der Waals surface area contributed by atoms with E-state index >= 15 is 0 Å². The Kier molecular flexibility index (Phi) is 3.99. The lowest BCUT2D eigenvalue weighted by atomic mass is 9.96. The van der Waals surface area contributed by atoms with E-state index in [1.165, 1.54) is 12.1 Å². The Labute approximate surface area is 126 Å². The Morgan fingerprint density at radius 1 is 1.36 bits per heavy atom. The molecule has 3 rings (SSSR count). The van der Waals surface area contributed by atoms with Gasteiger partial charge >= 0.3 is 0 Å². The molecule has 1 saturated heterocycles. The number of benzene rings is 1. The van der Waals surface area contributed by atoms with Gasteiger partial charge in [-0.3, -0.25) is 14.8 Å². The average molecular weight is 305 g/mol. The lowest BCUT2D eigenvalue weighted by molar-refractivity contribution is -0.384. The van der Waals surface area contributed by atoms with Crippen molar-refractivity contribution in [3.05, 3.63) is 46.5 Å². The number of aromatic nitrogens is 3. The molecule has 0 N–H and O–H groups in total. The number of anilines is 1. The van der Waals surface area contributed by atoms with Crippen molar-refractivity contribution in [2.24, 2.45) is 5.92 Å². The van der Waals surface area contributed by atoms with Crippen LogP contribution in [0.3, 0.4) is 0 Å². The fourth-order valence-electron chi connectivity index (χ4n) is 2.86. The average Bonchev–Trinajstić information content (AvgIpc) is 3.01. The van der Waals surface area contributed by atoms with Crippen LogP contribution in [0.2, 0.25) is 0 Å². The summed E-state index contributed by atoms with van der Waals surface area (Å²) in [4.78, 5) is 12.5. The highest BCUT2D eigenvalue weighted by Crippen LogP contribution is 2.32. The van der Waals surface area contributed by atoms with E-state index in [-0.39, 0.29) is 5.69 Å². The Hall–Kier alpha value is -2.51. The van der Waals surface area contributed by atoms with Crippen LogP contribution in [0.5, 0.6) is 0 Å². The molecule has 1 aliphatic heterocycles. The van der Waals surface area contributed by atoms with Crippen molar-refractivity contribution in [2.45, 2.75) is 19.4 Å². The summed E-state index contributed by atoms with van der Waals surface area (Å²) >= 11 is 0. The summed E-state index contributed by atoms with van der Waals surface area (Å²) in [5.74, 6) is -0.117. The van der Waals surface area contributed by atoms with E-state index in [0.717, 1.165) is 25.5 Å². The van der Waals surface area contributed by atoms with Crippen molar-refractivity contribution in [1.82, 2.24) is 15.0 Å². The van der Waals surface area contributed by atoms with Gasteiger partial charge in [-0.1, -0.05) is 5.21 Å². The van der Waals surface area contributed by atoms with Gasteiger partial charge in [0.25, 0.3) is 5.69 Å². The van der Waals surface area contributed by atoms with Crippen LogP contribution in [-0.4, -0.2) is 33.0 Å². The molecule has 1 fully saturated rings. The number of hydrogen-bond donors (Lipinski definition) is 0. The summed E-state index contributed by atoms with van der Waals surface area (Å²) in [5, 5.41) is 18.8. The highest BCUT2D eigenvalue weighted by atomic mass is 19.1. The molecule has 116 valence electrons. The number of piperidine rings is 1. The van der Waals surface area contributed by atoms with E-state index in [9.17, 15) is 14.5 Å². The van der Waals surface area contributed by atoms with Crippen LogP contribution in [0.15, 0.2) is 30.6 Å². The maximum absolute atomic E-state index is 13.2. The fourth-order valence-corrected chi connectivity index (χ4v) is 2.86. The summed E-state index contributed by atoms with van der Waals surface area (Å²) in [7, 11) is 0. The molecule has 7 nitrogen and oxygen atoms in total. The first kappa shape index (κ1) is 14.4. The molecule has 1 aromatic heterocycles. The molecule has 1 aliphatic rings. The van der Waals surface area contributed by atoms with Crippen LogP contribution >= 0.6 is 0 Å². The molecule has 0 bridgehead atoms. The van der Waals surface area contributed by atoms with Gasteiger partial charge in [-0.25, -0.2) is 4.39 Å². The highest BCUT2D eigenvalue weighted by Gasteiger charge is 2.25. The Balaban J connectivity index is 1.67. The van der Waals surface area contributed by atoms with Gasteiger partial charge in [0.15, 0.2) is 0 Å². The van der Waals surface area contributed by atoms with Crippen molar-refractivity contribution in [3.8, 4) is 0 Å².